The summed E-state index contributed by atoms with van der Waals surface area (Å²) in [6, 6.07) is 0. The zero-order chi connectivity index (χ0) is 16.6. The fourth-order valence-electron chi connectivity index (χ4n) is 7.46. The summed E-state index contributed by atoms with van der Waals surface area (Å²) in [5.41, 5.74) is 1.85. The van der Waals surface area contributed by atoms with E-state index in [1.165, 1.54) is 31.3 Å². The van der Waals surface area contributed by atoms with Gasteiger partial charge in [-0.15, -0.1) is 0 Å². The minimum absolute atomic E-state index is 0.0447. The van der Waals surface area contributed by atoms with E-state index in [4.69, 9.17) is 4.74 Å². The fourth-order valence-corrected chi connectivity index (χ4v) is 7.46. The number of hydrogen-bond donors (Lipinski definition) is 0. The summed E-state index contributed by atoms with van der Waals surface area (Å²) in [5.74, 6) is 2.52. The van der Waals surface area contributed by atoms with Gasteiger partial charge in [0, 0.05) is 12.8 Å². The van der Waals surface area contributed by atoms with Crippen LogP contribution in [-0.2, 0) is 14.3 Å². The normalized spacial score (nSPS) is 51.8. The molecule has 130 valence electrons. The Morgan fingerprint density at radius 1 is 1.17 bits per heavy atom. The molecule has 0 aromatic carbocycles. The molecule has 1 spiro atoms. The van der Waals surface area contributed by atoms with Crippen molar-refractivity contribution in [2.24, 2.45) is 23.2 Å². The Hall–Kier alpha value is -0.960. The molecule has 3 unspecified atom stereocenters. The number of ketones is 1. The van der Waals surface area contributed by atoms with Gasteiger partial charge in [0.25, 0.3) is 0 Å². The van der Waals surface area contributed by atoms with Crippen molar-refractivity contribution in [1.29, 1.82) is 0 Å². The third-order valence-electron chi connectivity index (χ3n) is 8.62. The molecule has 4 aliphatic carbocycles. The molecule has 1 saturated heterocycles. The van der Waals surface area contributed by atoms with Gasteiger partial charge in [0.2, 0.25) is 0 Å². The first-order valence-corrected chi connectivity index (χ1v) is 9.92. The lowest BCUT2D eigenvalue weighted by molar-refractivity contribution is -0.117. The summed E-state index contributed by atoms with van der Waals surface area (Å²) in [7, 11) is 0. The van der Waals surface area contributed by atoms with Crippen molar-refractivity contribution in [3.63, 3.8) is 0 Å². The first-order valence-electron chi connectivity index (χ1n) is 9.92. The lowest BCUT2D eigenvalue weighted by Crippen LogP contribution is -2.50. The molecule has 1 aliphatic heterocycles. The lowest BCUT2D eigenvalue weighted by atomic mass is 9.49. The van der Waals surface area contributed by atoms with Crippen molar-refractivity contribution >= 4 is 12.1 Å². The number of rotatable bonds is 3. The number of hydrogen-bond acceptors (Lipinski definition) is 3. The molecule has 6 atom stereocenters. The van der Waals surface area contributed by atoms with E-state index in [1.54, 1.807) is 0 Å². The van der Waals surface area contributed by atoms with Crippen molar-refractivity contribution in [2.75, 3.05) is 0 Å². The minimum Gasteiger partial charge on any atom is -0.362 e. The monoisotopic (exact) mass is 328 g/mol. The molecular formula is C21H28O3. The maximum absolute atomic E-state index is 11.9. The molecule has 1 heterocycles. The van der Waals surface area contributed by atoms with Crippen LogP contribution in [0.4, 0.5) is 0 Å². The van der Waals surface area contributed by atoms with Gasteiger partial charge in [0.05, 0.1) is 5.60 Å². The van der Waals surface area contributed by atoms with Gasteiger partial charge in [-0.1, -0.05) is 12.5 Å². The molecule has 0 amide bonds. The number of aldehydes is 1. The van der Waals surface area contributed by atoms with Crippen molar-refractivity contribution in [3.05, 3.63) is 11.6 Å². The van der Waals surface area contributed by atoms with Crippen molar-refractivity contribution in [1.82, 2.24) is 0 Å². The Labute approximate surface area is 144 Å². The quantitative estimate of drug-likeness (QED) is 0.581. The Bertz CT molecular complexity index is 637. The average Bonchev–Trinajstić information content (AvgIpc) is 3.09. The number of ether oxygens (including phenoxy) is 1. The number of epoxide rings is 1. The van der Waals surface area contributed by atoms with Gasteiger partial charge >= 0.3 is 0 Å². The van der Waals surface area contributed by atoms with Crippen LogP contribution in [0.5, 0.6) is 0 Å². The molecule has 3 nitrogen and oxygen atoms in total. The zero-order valence-corrected chi connectivity index (χ0v) is 14.7. The molecule has 0 N–H and O–H groups in total. The van der Waals surface area contributed by atoms with Gasteiger partial charge in [0.15, 0.2) is 5.78 Å². The van der Waals surface area contributed by atoms with E-state index in [2.05, 4.69) is 6.92 Å². The third-order valence-corrected chi connectivity index (χ3v) is 8.62. The first-order chi connectivity index (χ1) is 11.5. The van der Waals surface area contributed by atoms with Crippen LogP contribution in [-0.4, -0.2) is 23.3 Å². The van der Waals surface area contributed by atoms with Gasteiger partial charge in [-0.05, 0) is 80.6 Å². The van der Waals surface area contributed by atoms with Crippen LogP contribution in [0.25, 0.3) is 0 Å². The smallest absolute Gasteiger partial charge is 0.155 e. The summed E-state index contributed by atoms with van der Waals surface area (Å²) in [4.78, 5) is 22.7. The fraction of sp³-hybridized carbons (Fsp3) is 0.810. The van der Waals surface area contributed by atoms with Crippen LogP contribution in [0.1, 0.15) is 71.1 Å². The van der Waals surface area contributed by atoms with Crippen LogP contribution in [0.2, 0.25) is 0 Å². The highest BCUT2D eigenvalue weighted by Gasteiger charge is 2.78. The van der Waals surface area contributed by atoms with E-state index in [-0.39, 0.29) is 16.6 Å². The number of allylic oxidation sites excluding steroid dienone is 1. The van der Waals surface area contributed by atoms with E-state index in [9.17, 15) is 9.59 Å². The van der Waals surface area contributed by atoms with Gasteiger partial charge in [-0.3, -0.25) is 4.79 Å². The van der Waals surface area contributed by atoms with E-state index in [0.717, 1.165) is 50.2 Å². The molecule has 3 heteroatoms. The molecule has 3 saturated carbocycles. The number of fused-ring (bicyclic) bond motifs is 4. The van der Waals surface area contributed by atoms with Crippen LogP contribution in [0.3, 0.4) is 0 Å². The number of carbonyl (C=O) groups is 2. The summed E-state index contributed by atoms with van der Waals surface area (Å²) >= 11 is 0. The van der Waals surface area contributed by atoms with Gasteiger partial charge in [0.1, 0.15) is 11.9 Å². The molecule has 5 aliphatic rings. The minimum atomic E-state index is 0.0447. The first kappa shape index (κ1) is 15.3. The van der Waals surface area contributed by atoms with E-state index in [0.29, 0.717) is 18.1 Å². The maximum Gasteiger partial charge on any atom is 0.155 e. The highest BCUT2D eigenvalue weighted by Crippen LogP contribution is 2.74. The van der Waals surface area contributed by atoms with E-state index < -0.39 is 0 Å². The Morgan fingerprint density at radius 2 is 2.00 bits per heavy atom. The van der Waals surface area contributed by atoms with Gasteiger partial charge < -0.3 is 9.53 Å². The highest BCUT2D eigenvalue weighted by molar-refractivity contribution is 5.91. The topological polar surface area (TPSA) is 46.7 Å². The molecule has 0 aromatic heterocycles. The highest BCUT2D eigenvalue weighted by atomic mass is 16.6. The van der Waals surface area contributed by atoms with Crippen LogP contribution in [0.15, 0.2) is 11.6 Å². The second kappa shape index (κ2) is 4.81. The van der Waals surface area contributed by atoms with Gasteiger partial charge in [-0.2, -0.15) is 0 Å². The van der Waals surface area contributed by atoms with Gasteiger partial charge in [-0.25, -0.2) is 0 Å². The molecule has 5 rings (SSSR count). The summed E-state index contributed by atoms with van der Waals surface area (Å²) in [6.07, 6.45) is 13.6. The largest absolute Gasteiger partial charge is 0.362 e. The molecular weight excluding hydrogens is 300 g/mol. The zero-order valence-electron chi connectivity index (χ0n) is 14.7. The number of carbonyl (C=O) groups excluding carboxylic acids is 2. The Kier molecular flexibility index (Phi) is 3.07. The second-order valence-corrected chi connectivity index (χ2v) is 9.24. The van der Waals surface area contributed by atoms with Crippen LogP contribution < -0.4 is 0 Å². The Morgan fingerprint density at radius 3 is 2.83 bits per heavy atom. The van der Waals surface area contributed by atoms with E-state index >= 15 is 0 Å². The van der Waals surface area contributed by atoms with Crippen LogP contribution >= 0.6 is 0 Å². The van der Waals surface area contributed by atoms with Crippen LogP contribution in [0, 0.1) is 23.2 Å². The standard InChI is InChI=1S/C21H28O3/c1-19-9-5-15(23)13-14(19)3-4-16-17(19)7-11-21-18(16)6-10-20(21,24-21)8-2-12-22/h12-13,16-18H,2-11H2,1H3/t16-,17?,18?,19+,20?,21-/m1/s1. The van der Waals surface area contributed by atoms with Crippen molar-refractivity contribution in [2.45, 2.75) is 82.3 Å². The summed E-state index contributed by atoms with van der Waals surface area (Å²) in [6.45, 7) is 2.43. The second-order valence-electron chi connectivity index (χ2n) is 9.24. The molecule has 0 aromatic rings. The summed E-state index contributed by atoms with van der Waals surface area (Å²) < 4.78 is 6.44. The predicted molar refractivity (Wildman–Crippen MR) is 90.4 cm³/mol. The van der Waals surface area contributed by atoms with Crippen molar-refractivity contribution in [3.8, 4) is 0 Å². The van der Waals surface area contributed by atoms with E-state index in [1.807, 2.05) is 6.08 Å². The predicted octanol–water partition coefficient (Wildman–Crippen LogP) is 4.00. The lowest BCUT2D eigenvalue weighted by Gasteiger charge is -2.55. The SMILES string of the molecule is C[C@]12CCC(=O)C=C1CC[C@@H]1C2CC[C@]23OC2(CCC=O)CCC13. The maximum atomic E-state index is 11.9. The molecule has 24 heavy (non-hydrogen) atoms. The van der Waals surface area contributed by atoms with Crippen molar-refractivity contribution < 1.29 is 14.3 Å². The molecule has 0 radical (unpaired) electrons. The third kappa shape index (κ3) is 1.72. The Balaban J connectivity index is 1.44. The molecule has 0 bridgehead atoms. The summed E-state index contributed by atoms with van der Waals surface area (Å²) in [5, 5.41) is 0. The average molecular weight is 328 g/mol. The molecule has 4 fully saturated rings.